The zero-order valence-corrected chi connectivity index (χ0v) is 11.2. The molecule has 0 saturated carbocycles. The monoisotopic (exact) mass is 265 g/mol. The lowest BCUT2D eigenvalue weighted by Crippen LogP contribution is -2.31. The molecule has 1 rings (SSSR count). The fourth-order valence-electron chi connectivity index (χ4n) is 1.35. The van der Waals surface area contributed by atoms with Crippen LogP contribution >= 0.6 is 11.6 Å². The Hall–Kier alpha value is -1.57. The van der Waals surface area contributed by atoms with Gasteiger partial charge in [0.25, 0.3) is 0 Å². The molecule has 0 spiro atoms. The molecule has 0 radical (unpaired) electrons. The Labute approximate surface area is 112 Å². The second-order valence-corrected chi connectivity index (χ2v) is 4.87. The number of hydrogen-bond acceptors (Lipinski definition) is 3. The number of carbonyl (C=O) groups is 1. The summed E-state index contributed by atoms with van der Waals surface area (Å²) >= 11 is 5.87. The normalized spacial score (nSPS) is 12.0. The maximum atomic E-state index is 11.7. The average molecular weight is 266 g/mol. The van der Waals surface area contributed by atoms with Gasteiger partial charge in [-0.3, -0.25) is 4.79 Å². The lowest BCUT2D eigenvalue weighted by Gasteiger charge is -2.15. The molecular weight excluding hydrogens is 250 g/mol. The Bertz CT molecular complexity index is 480. The number of anilines is 1. The van der Waals surface area contributed by atoms with Gasteiger partial charge in [0.1, 0.15) is 6.07 Å². The van der Waals surface area contributed by atoms with Crippen LogP contribution in [0.4, 0.5) is 5.69 Å². The molecule has 18 heavy (non-hydrogen) atoms. The second-order valence-electron chi connectivity index (χ2n) is 4.47. The molecule has 0 heterocycles. The second kappa shape index (κ2) is 6.39. The van der Waals surface area contributed by atoms with Gasteiger partial charge in [0, 0.05) is 18.2 Å². The molecule has 0 saturated heterocycles. The molecule has 1 amide bonds. The van der Waals surface area contributed by atoms with Crippen LogP contribution < -0.4 is 11.1 Å². The van der Waals surface area contributed by atoms with Crippen LogP contribution in [0.25, 0.3) is 0 Å². The molecule has 0 fully saturated rings. The molecule has 0 aliphatic heterocycles. The van der Waals surface area contributed by atoms with Gasteiger partial charge in [0.2, 0.25) is 5.91 Å². The van der Waals surface area contributed by atoms with Crippen molar-refractivity contribution in [2.75, 3.05) is 5.32 Å². The smallest absolute Gasteiger partial charge is 0.225 e. The van der Waals surface area contributed by atoms with Gasteiger partial charge in [0.05, 0.1) is 10.6 Å². The molecule has 0 aliphatic rings. The van der Waals surface area contributed by atoms with E-state index in [1.807, 2.05) is 19.9 Å². The van der Waals surface area contributed by atoms with Gasteiger partial charge in [-0.2, -0.15) is 5.26 Å². The Kier molecular flexibility index (Phi) is 5.14. The fourth-order valence-corrected chi connectivity index (χ4v) is 1.57. The van der Waals surface area contributed by atoms with Gasteiger partial charge >= 0.3 is 0 Å². The van der Waals surface area contributed by atoms with Crippen LogP contribution in [0, 0.1) is 17.2 Å². The van der Waals surface area contributed by atoms with Crippen molar-refractivity contribution in [3.8, 4) is 6.07 Å². The molecular formula is C13H16ClN3O. The summed E-state index contributed by atoms with van der Waals surface area (Å²) < 4.78 is 0. The van der Waals surface area contributed by atoms with E-state index >= 15 is 0 Å². The zero-order chi connectivity index (χ0) is 13.7. The van der Waals surface area contributed by atoms with Crippen LogP contribution in [0.2, 0.25) is 5.02 Å². The first kappa shape index (κ1) is 14.5. The molecule has 1 unspecified atom stereocenters. The van der Waals surface area contributed by atoms with Crippen molar-refractivity contribution < 1.29 is 4.79 Å². The maximum Gasteiger partial charge on any atom is 0.225 e. The molecule has 4 nitrogen and oxygen atoms in total. The van der Waals surface area contributed by atoms with E-state index in [-0.39, 0.29) is 24.3 Å². The molecule has 0 aliphatic carbocycles. The van der Waals surface area contributed by atoms with Crippen LogP contribution in [-0.4, -0.2) is 11.9 Å². The molecule has 96 valence electrons. The topological polar surface area (TPSA) is 78.9 Å². The number of halogens is 1. The first-order chi connectivity index (χ1) is 8.43. The summed E-state index contributed by atoms with van der Waals surface area (Å²) in [5.41, 5.74) is 6.77. The Morgan fingerprint density at radius 1 is 1.56 bits per heavy atom. The highest BCUT2D eigenvalue weighted by molar-refractivity contribution is 6.32. The number of nitrogens with one attached hydrogen (secondary N) is 1. The average Bonchev–Trinajstić information content (AvgIpc) is 2.28. The Morgan fingerprint density at radius 2 is 2.22 bits per heavy atom. The summed E-state index contributed by atoms with van der Waals surface area (Å²) in [4.78, 5) is 11.7. The van der Waals surface area contributed by atoms with E-state index in [9.17, 15) is 4.79 Å². The SMILES string of the molecule is CC(C)C(N)CC(=O)Nc1ccc(C#N)c(Cl)c1. The Balaban J connectivity index is 2.66. The minimum atomic E-state index is -0.168. The van der Waals surface area contributed by atoms with Gasteiger partial charge in [-0.15, -0.1) is 0 Å². The minimum Gasteiger partial charge on any atom is -0.327 e. The fraction of sp³-hybridized carbons (Fsp3) is 0.385. The van der Waals surface area contributed by atoms with E-state index in [1.54, 1.807) is 18.2 Å². The van der Waals surface area contributed by atoms with Gasteiger partial charge in [-0.05, 0) is 24.1 Å². The van der Waals surface area contributed by atoms with E-state index < -0.39 is 0 Å². The van der Waals surface area contributed by atoms with Crippen molar-refractivity contribution in [2.24, 2.45) is 11.7 Å². The lowest BCUT2D eigenvalue weighted by atomic mass is 10.0. The van der Waals surface area contributed by atoms with Gasteiger partial charge in [-0.1, -0.05) is 25.4 Å². The van der Waals surface area contributed by atoms with Crippen LogP contribution in [0.1, 0.15) is 25.8 Å². The standard InChI is InChI=1S/C13H16ClN3O/c1-8(2)12(16)6-13(18)17-10-4-3-9(7-15)11(14)5-10/h3-5,8,12H,6,16H2,1-2H3,(H,17,18). The quantitative estimate of drug-likeness (QED) is 0.878. The van der Waals surface area contributed by atoms with Crippen LogP contribution in [0.5, 0.6) is 0 Å². The van der Waals surface area contributed by atoms with Gasteiger partial charge < -0.3 is 11.1 Å². The van der Waals surface area contributed by atoms with Crippen molar-refractivity contribution in [3.63, 3.8) is 0 Å². The number of carbonyl (C=O) groups excluding carboxylic acids is 1. The summed E-state index contributed by atoms with van der Waals surface area (Å²) in [7, 11) is 0. The van der Waals surface area contributed by atoms with E-state index in [0.717, 1.165) is 0 Å². The number of nitriles is 1. The summed E-state index contributed by atoms with van der Waals surface area (Å²) in [6.07, 6.45) is 0.259. The van der Waals surface area contributed by atoms with Crippen molar-refractivity contribution in [3.05, 3.63) is 28.8 Å². The first-order valence-corrected chi connectivity index (χ1v) is 6.07. The highest BCUT2D eigenvalue weighted by Crippen LogP contribution is 2.20. The van der Waals surface area contributed by atoms with Crippen molar-refractivity contribution in [2.45, 2.75) is 26.3 Å². The van der Waals surface area contributed by atoms with E-state index in [1.165, 1.54) is 0 Å². The maximum absolute atomic E-state index is 11.7. The van der Waals surface area contributed by atoms with E-state index in [2.05, 4.69) is 5.32 Å². The highest BCUT2D eigenvalue weighted by atomic mass is 35.5. The van der Waals surface area contributed by atoms with E-state index in [4.69, 9.17) is 22.6 Å². The number of nitrogens with two attached hydrogens (primary N) is 1. The lowest BCUT2D eigenvalue weighted by molar-refractivity contribution is -0.116. The Morgan fingerprint density at radius 3 is 2.72 bits per heavy atom. The molecule has 0 aromatic heterocycles. The molecule has 1 atom stereocenters. The summed E-state index contributed by atoms with van der Waals surface area (Å²) in [6.45, 7) is 3.94. The number of rotatable bonds is 4. The summed E-state index contributed by atoms with van der Waals surface area (Å²) in [5.74, 6) is 0.0947. The number of nitrogens with zero attached hydrogens (tertiary/aromatic N) is 1. The molecule has 5 heteroatoms. The van der Waals surface area contributed by atoms with Crippen LogP contribution in [0.15, 0.2) is 18.2 Å². The molecule has 1 aromatic rings. The number of amides is 1. The largest absolute Gasteiger partial charge is 0.327 e. The van der Waals surface area contributed by atoms with Crippen molar-refractivity contribution in [1.29, 1.82) is 5.26 Å². The highest BCUT2D eigenvalue weighted by Gasteiger charge is 2.13. The van der Waals surface area contributed by atoms with Crippen molar-refractivity contribution in [1.82, 2.24) is 0 Å². The first-order valence-electron chi connectivity index (χ1n) is 5.69. The summed E-state index contributed by atoms with van der Waals surface area (Å²) in [5, 5.41) is 11.8. The zero-order valence-electron chi connectivity index (χ0n) is 10.4. The number of hydrogen-bond donors (Lipinski definition) is 2. The number of benzene rings is 1. The van der Waals surface area contributed by atoms with Crippen molar-refractivity contribution >= 4 is 23.2 Å². The summed E-state index contributed by atoms with van der Waals surface area (Å²) in [6, 6.07) is 6.56. The van der Waals surface area contributed by atoms with E-state index in [0.29, 0.717) is 16.3 Å². The molecule has 0 bridgehead atoms. The molecule has 3 N–H and O–H groups in total. The predicted molar refractivity (Wildman–Crippen MR) is 72.2 cm³/mol. The van der Waals surface area contributed by atoms with Gasteiger partial charge in [0.15, 0.2) is 0 Å². The molecule has 1 aromatic carbocycles. The van der Waals surface area contributed by atoms with Gasteiger partial charge in [-0.25, -0.2) is 0 Å². The third-order valence-corrected chi connectivity index (χ3v) is 2.96. The van der Waals surface area contributed by atoms with Crippen LogP contribution in [-0.2, 0) is 4.79 Å². The van der Waals surface area contributed by atoms with Crippen LogP contribution in [0.3, 0.4) is 0 Å². The third kappa shape index (κ3) is 4.02. The predicted octanol–water partition coefficient (Wildman–Crippen LogP) is 2.52. The third-order valence-electron chi connectivity index (χ3n) is 2.65. The minimum absolute atomic E-state index is 0.156.